The van der Waals surface area contributed by atoms with Gasteiger partial charge in [-0.25, -0.2) is 4.79 Å². The maximum Gasteiger partial charge on any atom is 0.321 e. The Hall–Kier alpha value is -2.41. The van der Waals surface area contributed by atoms with Gasteiger partial charge in [0, 0.05) is 43.3 Å². The van der Waals surface area contributed by atoms with E-state index in [0.717, 1.165) is 5.69 Å². The number of para-hydroxylation sites is 1. The number of benzene rings is 1. The summed E-state index contributed by atoms with van der Waals surface area (Å²) in [7, 11) is 1.87. The Morgan fingerprint density at radius 3 is 2.54 bits per heavy atom. The highest BCUT2D eigenvalue weighted by molar-refractivity contribution is 7.07. The first-order chi connectivity index (χ1) is 11.6. The van der Waals surface area contributed by atoms with Crippen LogP contribution >= 0.6 is 11.3 Å². The number of carbonyl (C=O) groups is 2. The third-order valence-corrected chi connectivity index (χ3v) is 4.97. The standard InChI is InChI=1S/C17H20N4O2S/c1-20-11-12-24-17(20)19-15(22)13-7-9-21(10-8-13)16(23)18-14-5-3-2-4-6-14/h2-6,11-13H,7-10H2,1H3,(H,18,23). The van der Waals surface area contributed by atoms with Gasteiger partial charge in [-0.3, -0.25) is 4.79 Å². The molecule has 2 heterocycles. The van der Waals surface area contributed by atoms with Gasteiger partial charge in [0.2, 0.25) is 0 Å². The number of carbonyl (C=O) groups excluding carboxylic acids is 2. The number of aryl methyl sites for hydroxylation is 1. The first-order valence-corrected chi connectivity index (χ1v) is 8.81. The van der Waals surface area contributed by atoms with Crippen LogP contribution in [0.3, 0.4) is 0 Å². The number of piperidine rings is 1. The second kappa shape index (κ2) is 7.44. The molecule has 0 aliphatic carbocycles. The lowest BCUT2D eigenvalue weighted by molar-refractivity contribution is -0.123. The number of nitrogens with zero attached hydrogens (tertiary/aromatic N) is 3. The Morgan fingerprint density at radius 1 is 1.21 bits per heavy atom. The van der Waals surface area contributed by atoms with E-state index in [-0.39, 0.29) is 17.9 Å². The minimum absolute atomic E-state index is 0.0869. The molecule has 3 rings (SSSR count). The number of amides is 3. The quantitative estimate of drug-likeness (QED) is 0.909. The van der Waals surface area contributed by atoms with Crippen LogP contribution in [0.5, 0.6) is 0 Å². The van der Waals surface area contributed by atoms with Crippen molar-refractivity contribution >= 4 is 29.0 Å². The van der Waals surface area contributed by atoms with E-state index in [0.29, 0.717) is 30.7 Å². The third kappa shape index (κ3) is 3.91. The zero-order valence-corrected chi connectivity index (χ0v) is 14.3. The molecule has 0 unspecified atom stereocenters. The predicted octanol–water partition coefficient (Wildman–Crippen LogP) is 2.46. The molecule has 2 aromatic rings. The fourth-order valence-corrected chi connectivity index (χ4v) is 3.41. The zero-order valence-electron chi connectivity index (χ0n) is 13.5. The van der Waals surface area contributed by atoms with Crippen LogP contribution in [0, 0.1) is 5.92 Å². The normalized spacial score (nSPS) is 16.2. The third-order valence-electron chi connectivity index (χ3n) is 4.12. The van der Waals surface area contributed by atoms with Crippen LogP contribution in [-0.4, -0.2) is 34.5 Å². The molecule has 3 amide bonds. The SMILES string of the molecule is Cn1ccsc1=NC(=O)C1CCN(C(=O)Nc2ccccc2)CC1. The number of thiazole rings is 1. The zero-order chi connectivity index (χ0) is 16.9. The van der Waals surface area contributed by atoms with Gasteiger partial charge in [-0.15, -0.1) is 11.3 Å². The van der Waals surface area contributed by atoms with E-state index in [1.54, 1.807) is 4.90 Å². The Bertz CT molecular complexity index is 773. The molecule has 1 aromatic carbocycles. The van der Waals surface area contributed by atoms with Gasteiger partial charge in [0.15, 0.2) is 4.80 Å². The van der Waals surface area contributed by atoms with Crippen LogP contribution in [0.25, 0.3) is 0 Å². The molecule has 1 saturated heterocycles. The van der Waals surface area contributed by atoms with Gasteiger partial charge in [-0.05, 0) is 25.0 Å². The van der Waals surface area contributed by atoms with E-state index < -0.39 is 0 Å². The minimum atomic E-state index is -0.117. The van der Waals surface area contributed by atoms with Crippen molar-refractivity contribution in [1.82, 2.24) is 9.47 Å². The number of anilines is 1. The highest BCUT2D eigenvalue weighted by atomic mass is 32.1. The fraction of sp³-hybridized carbons (Fsp3) is 0.353. The number of hydrogen-bond acceptors (Lipinski definition) is 3. The smallest absolute Gasteiger partial charge is 0.321 e. The van der Waals surface area contributed by atoms with Gasteiger partial charge < -0.3 is 14.8 Å². The maximum absolute atomic E-state index is 12.3. The van der Waals surface area contributed by atoms with Crippen LogP contribution in [0.15, 0.2) is 46.9 Å². The molecule has 1 aromatic heterocycles. The van der Waals surface area contributed by atoms with E-state index >= 15 is 0 Å². The molecule has 0 saturated carbocycles. The molecule has 126 valence electrons. The summed E-state index contributed by atoms with van der Waals surface area (Å²) in [5.41, 5.74) is 0.779. The summed E-state index contributed by atoms with van der Waals surface area (Å²) in [5, 5.41) is 4.78. The predicted molar refractivity (Wildman–Crippen MR) is 93.6 cm³/mol. The lowest BCUT2D eigenvalue weighted by Gasteiger charge is -2.30. The Morgan fingerprint density at radius 2 is 1.92 bits per heavy atom. The number of hydrogen-bond donors (Lipinski definition) is 1. The van der Waals surface area contributed by atoms with Crippen LogP contribution < -0.4 is 10.1 Å². The molecule has 0 bridgehead atoms. The van der Waals surface area contributed by atoms with Crippen molar-refractivity contribution in [2.75, 3.05) is 18.4 Å². The summed E-state index contributed by atoms with van der Waals surface area (Å²) in [6, 6.07) is 9.26. The lowest BCUT2D eigenvalue weighted by atomic mass is 9.96. The summed E-state index contributed by atoms with van der Waals surface area (Å²) in [6.07, 6.45) is 3.19. The summed E-state index contributed by atoms with van der Waals surface area (Å²) >= 11 is 1.45. The molecule has 1 N–H and O–H groups in total. The number of nitrogens with one attached hydrogen (secondary N) is 1. The lowest BCUT2D eigenvalue weighted by Crippen LogP contribution is -2.42. The van der Waals surface area contributed by atoms with Crippen molar-refractivity contribution < 1.29 is 9.59 Å². The van der Waals surface area contributed by atoms with E-state index in [9.17, 15) is 9.59 Å². The van der Waals surface area contributed by atoms with Gasteiger partial charge >= 0.3 is 6.03 Å². The van der Waals surface area contributed by atoms with E-state index in [2.05, 4.69) is 10.3 Å². The molecule has 6 nitrogen and oxygen atoms in total. The fourth-order valence-electron chi connectivity index (χ4n) is 2.67. The van der Waals surface area contributed by atoms with Crippen molar-refractivity contribution in [3.8, 4) is 0 Å². The molecule has 7 heteroatoms. The number of likely N-dealkylation sites (tertiary alicyclic amines) is 1. The van der Waals surface area contributed by atoms with Gasteiger partial charge in [-0.1, -0.05) is 18.2 Å². The number of urea groups is 1. The topological polar surface area (TPSA) is 66.7 Å². The van der Waals surface area contributed by atoms with E-state index in [1.807, 2.05) is 53.5 Å². The molecule has 0 atom stereocenters. The van der Waals surface area contributed by atoms with Crippen molar-refractivity contribution in [3.63, 3.8) is 0 Å². The van der Waals surface area contributed by atoms with Crippen LogP contribution in [0.4, 0.5) is 10.5 Å². The highest BCUT2D eigenvalue weighted by Gasteiger charge is 2.27. The summed E-state index contributed by atoms with van der Waals surface area (Å²) in [6.45, 7) is 1.14. The second-order valence-electron chi connectivity index (χ2n) is 5.80. The molecular formula is C17H20N4O2S. The Labute approximate surface area is 144 Å². The first kappa shape index (κ1) is 16.4. The molecule has 1 aliphatic heterocycles. The minimum Gasteiger partial charge on any atom is -0.327 e. The van der Waals surface area contributed by atoms with Crippen molar-refractivity contribution in [3.05, 3.63) is 46.7 Å². The molecule has 1 aliphatic rings. The number of rotatable bonds is 2. The van der Waals surface area contributed by atoms with Gasteiger partial charge in [0.05, 0.1) is 0 Å². The van der Waals surface area contributed by atoms with Gasteiger partial charge in [0.25, 0.3) is 5.91 Å². The Balaban J connectivity index is 1.55. The summed E-state index contributed by atoms with van der Waals surface area (Å²) in [4.78, 5) is 31.2. The molecule has 0 spiro atoms. The largest absolute Gasteiger partial charge is 0.327 e. The first-order valence-electron chi connectivity index (χ1n) is 7.93. The van der Waals surface area contributed by atoms with Crippen LogP contribution in [0.1, 0.15) is 12.8 Å². The van der Waals surface area contributed by atoms with Crippen molar-refractivity contribution in [2.24, 2.45) is 18.0 Å². The van der Waals surface area contributed by atoms with Crippen molar-refractivity contribution in [1.29, 1.82) is 0 Å². The maximum atomic E-state index is 12.3. The molecular weight excluding hydrogens is 324 g/mol. The molecule has 0 radical (unpaired) electrons. The number of aromatic nitrogens is 1. The van der Waals surface area contributed by atoms with Crippen molar-refractivity contribution in [2.45, 2.75) is 12.8 Å². The monoisotopic (exact) mass is 344 g/mol. The average Bonchev–Trinajstić information content (AvgIpc) is 3.00. The summed E-state index contributed by atoms with van der Waals surface area (Å²) < 4.78 is 1.84. The highest BCUT2D eigenvalue weighted by Crippen LogP contribution is 2.19. The average molecular weight is 344 g/mol. The molecule has 1 fully saturated rings. The Kier molecular flexibility index (Phi) is 5.10. The van der Waals surface area contributed by atoms with Crippen LogP contribution in [-0.2, 0) is 11.8 Å². The summed E-state index contributed by atoms with van der Waals surface area (Å²) in [5.74, 6) is -0.191. The van der Waals surface area contributed by atoms with Gasteiger partial charge in [-0.2, -0.15) is 4.99 Å². The van der Waals surface area contributed by atoms with E-state index in [1.165, 1.54) is 11.3 Å². The van der Waals surface area contributed by atoms with E-state index in [4.69, 9.17) is 0 Å². The van der Waals surface area contributed by atoms with Crippen LogP contribution in [0.2, 0.25) is 0 Å². The molecule has 24 heavy (non-hydrogen) atoms. The second-order valence-corrected chi connectivity index (χ2v) is 6.68. The van der Waals surface area contributed by atoms with Gasteiger partial charge in [0.1, 0.15) is 0 Å².